The third-order valence-corrected chi connectivity index (χ3v) is 3.89. The molecule has 2 aromatic rings. The first-order chi connectivity index (χ1) is 11.7. The molecule has 0 spiro atoms. The lowest BCUT2D eigenvalue weighted by atomic mass is 10.1. The first-order valence-corrected chi connectivity index (χ1v) is 8.04. The lowest BCUT2D eigenvalue weighted by molar-refractivity contribution is -0.195. The lowest BCUT2D eigenvalue weighted by Gasteiger charge is -2.19. The summed E-state index contributed by atoms with van der Waals surface area (Å²) >= 11 is 1.02. The number of nitrogens with two attached hydrogens (primary N) is 1. The standard InChI is InChI=1S/C16H19N3O4S/c17-22-23-24-15-6-4-13(5-7-15)8-10-19(12-16(20)21)11-14-3-1-2-9-18-14/h1-7,9H,8,10-12,17H2,(H,20,21). The van der Waals surface area contributed by atoms with E-state index in [2.05, 4.69) is 14.3 Å². The zero-order valence-corrected chi connectivity index (χ0v) is 13.8. The largest absolute Gasteiger partial charge is 0.480 e. The van der Waals surface area contributed by atoms with E-state index >= 15 is 0 Å². The molecule has 128 valence electrons. The Labute approximate surface area is 144 Å². The summed E-state index contributed by atoms with van der Waals surface area (Å²) in [5.74, 6) is 3.94. The van der Waals surface area contributed by atoms with Crippen LogP contribution in [0.15, 0.2) is 53.6 Å². The Bertz CT molecular complexity index is 625. The van der Waals surface area contributed by atoms with Crippen LogP contribution in [0.5, 0.6) is 0 Å². The summed E-state index contributed by atoms with van der Waals surface area (Å²) in [5.41, 5.74) is 1.95. The summed E-state index contributed by atoms with van der Waals surface area (Å²) in [6.45, 7) is 1.10. The number of aromatic nitrogens is 1. The molecule has 0 aliphatic heterocycles. The van der Waals surface area contributed by atoms with Gasteiger partial charge < -0.3 is 5.11 Å². The van der Waals surface area contributed by atoms with E-state index in [1.54, 1.807) is 6.20 Å². The highest BCUT2D eigenvalue weighted by Crippen LogP contribution is 2.19. The van der Waals surface area contributed by atoms with Gasteiger partial charge >= 0.3 is 5.97 Å². The molecule has 0 aliphatic carbocycles. The third kappa shape index (κ3) is 6.65. The number of aliphatic carboxylic acids is 1. The van der Waals surface area contributed by atoms with Crippen molar-refractivity contribution in [1.82, 2.24) is 9.88 Å². The molecule has 8 heteroatoms. The Kier molecular flexibility index (Phi) is 7.66. The van der Waals surface area contributed by atoms with E-state index in [0.29, 0.717) is 13.1 Å². The number of benzene rings is 1. The average Bonchev–Trinajstić information content (AvgIpc) is 2.59. The first kappa shape index (κ1) is 18.4. The molecular weight excluding hydrogens is 330 g/mol. The van der Waals surface area contributed by atoms with Crippen molar-refractivity contribution in [3.63, 3.8) is 0 Å². The van der Waals surface area contributed by atoms with Crippen molar-refractivity contribution in [3.05, 3.63) is 59.9 Å². The fourth-order valence-corrected chi connectivity index (χ4v) is 2.55. The topological polar surface area (TPSA) is 97.9 Å². The molecule has 0 bridgehead atoms. The number of carbonyl (C=O) groups is 1. The molecule has 0 amide bonds. The molecule has 3 N–H and O–H groups in total. The maximum atomic E-state index is 11.1. The highest BCUT2D eigenvalue weighted by atomic mass is 32.2. The molecule has 0 radical (unpaired) electrons. The predicted octanol–water partition coefficient (Wildman–Crippen LogP) is 2.04. The molecule has 0 atom stereocenters. The minimum Gasteiger partial charge on any atom is -0.480 e. The van der Waals surface area contributed by atoms with Crippen molar-refractivity contribution in [1.29, 1.82) is 0 Å². The number of hydrogen-bond acceptors (Lipinski definition) is 7. The van der Waals surface area contributed by atoms with Crippen LogP contribution in [0.25, 0.3) is 0 Å². The number of nitrogens with zero attached hydrogens (tertiary/aromatic N) is 2. The van der Waals surface area contributed by atoms with Gasteiger partial charge in [-0.15, -0.1) is 9.32 Å². The quantitative estimate of drug-likeness (QED) is 0.382. The minimum atomic E-state index is -0.850. The fourth-order valence-electron chi connectivity index (χ4n) is 2.18. The molecule has 1 aromatic heterocycles. The number of carboxylic acid groups (broad SMARTS) is 1. The first-order valence-electron chi connectivity index (χ1n) is 7.30. The van der Waals surface area contributed by atoms with Gasteiger partial charge in [-0.3, -0.25) is 14.7 Å². The van der Waals surface area contributed by atoms with Crippen LogP contribution in [-0.4, -0.2) is 34.0 Å². The van der Waals surface area contributed by atoms with Gasteiger partial charge in [-0.05, 0) is 36.2 Å². The van der Waals surface area contributed by atoms with Gasteiger partial charge in [0.15, 0.2) is 0 Å². The van der Waals surface area contributed by atoms with E-state index < -0.39 is 5.97 Å². The van der Waals surface area contributed by atoms with Crippen LogP contribution in [0.4, 0.5) is 0 Å². The van der Waals surface area contributed by atoms with Gasteiger partial charge in [0.2, 0.25) is 0 Å². The summed E-state index contributed by atoms with van der Waals surface area (Å²) in [6.07, 6.45) is 2.44. The number of hydrogen-bond donors (Lipinski definition) is 2. The van der Waals surface area contributed by atoms with Crippen molar-refractivity contribution in [2.75, 3.05) is 13.1 Å². The molecule has 1 aromatic carbocycles. The molecule has 0 saturated heterocycles. The summed E-state index contributed by atoms with van der Waals surface area (Å²) in [4.78, 5) is 22.1. The summed E-state index contributed by atoms with van der Waals surface area (Å²) in [5, 5.41) is 9.08. The number of pyridine rings is 1. The molecule has 2 rings (SSSR count). The molecule has 0 fully saturated rings. The van der Waals surface area contributed by atoms with Gasteiger partial charge in [0.1, 0.15) is 0 Å². The van der Waals surface area contributed by atoms with Crippen LogP contribution < -0.4 is 5.90 Å². The molecule has 24 heavy (non-hydrogen) atoms. The maximum absolute atomic E-state index is 11.1. The van der Waals surface area contributed by atoms with Gasteiger partial charge in [-0.2, -0.15) is 5.90 Å². The van der Waals surface area contributed by atoms with Crippen molar-refractivity contribution in [2.24, 2.45) is 5.90 Å². The van der Waals surface area contributed by atoms with E-state index in [9.17, 15) is 4.79 Å². The van der Waals surface area contributed by atoms with E-state index in [1.165, 1.54) is 0 Å². The summed E-state index contributed by atoms with van der Waals surface area (Å²) in [6, 6.07) is 13.3. The van der Waals surface area contributed by atoms with Crippen LogP contribution in [0.3, 0.4) is 0 Å². The van der Waals surface area contributed by atoms with Gasteiger partial charge in [0.25, 0.3) is 0 Å². The second kappa shape index (κ2) is 10.0. The molecule has 0 aliphatic rings. The van der Waals surface area contributed by atoms with Crippen molar-refractivity contribution < 1.29 is 19.2 Å². The van der Waals surface area contributed by atoms with Crippen LogP contribution in [0.1, 0.15) is 11.3 Å². The van der Waals surface area contributed by atoms with E-state index in [0.717, 1.165) is 34.6 Å². The van der Waals surface area contributed by atoms with E-state index in [-0.39, 0.29) is 6.54 Å². The Hall–Kier alpha value is -1.97. The fraction of sp³-hybridized carbons (Fsp3) is 0.250. The molecule has 7 nitrogen and oxygen atoms in total. The SMILES string of the molecule is NOOSc1ccc(CCN(CC(=O)O)Cc2ccccn2)cc1. The Morgan fingerprint density at radius 2 is 2.04 bits per heavy atom. The van der Waals surface area contributed by atoms with Gasteiger partial charge in [-0.1, -0.05) is 18.2 Å². The van der Waals surface area contributed by atoms with Crippen LogP contribution in [0, 0.1) is 0 Å². The normalized spacial score (nSPS) is 10.9. The van der Waals surface area contributed by atoms with E-state index in [1.807, 2.05) is 47.4 Å². The Balaban J connectivity index is 1.90. The minimum absolute atomic E-state index is 0.0216. The third-order valence-electron chi connectivity index (χ3n) is 3.28. The second-order valence-electron chi connectivity index (χ2n) is 5.07. The van der Waals surface area contributed by atoms with Crippen molar-refractivity contribution >= 4 is 18.0 Å². The zero-order valence-electron chi connectivity index (χ0n) is 13.0. The molecule has 1 heterocycles. The van der Waals surface area contributed by atoms with Gasteiger partial charge in [0, 0.05) is 24.2 Å². The van der Waals surface area contributed by atoms with E-state index in [4.69, 9.17) is 11.0 Å². The summed E-state index contributed by atoms with van der Waals surface area (Å²) < 4.78 is 4.58. The predicted molar refractivity (Wildman–Crippen MR) is 89.5 cm³/mol. The van der Waals surface area contributed by atoms with Crippen LogP contribution in [-0.2, 0) is 27.1 Å². The highest BCUT2D eigenvalue weighted by molar-refractivity contribution is 7.94. The zero-order chi connectivity index (χ0) is 17.2. The monoisotopic (exact) mass is 349 g/mol. The number of carboxylic acids is 1. The summed E-state index contributed by atoms with van der Waals surface area (Å²) in [7, 11) is 0. The van der Waals surface area contributed by atoms with Crippen LogP contribution >= 0.6 is 12.0 Å². The molecule has 0 unspecified atom stereocenters. The Morgan fingerprint density at radius 1 is 1.25 bits per heavy atom. The second-order valence-corrected chi connectivity index (χ2v) is 5.84. The average molecular weight is 349 g/mol. The lowest BCUT2D eigenvalue weighted by Crippen LogP contribution is -2.31. The van der Waals surface area contributed by atoms with Crippen LogP contribution in [0.2, 0.25) is 0 Å². The van der Waals surface area contributed by atoms with Crippen molar-refractivity contribution in [3.8, 4) is 0 Å². The highest BCUT2D eigenvalue weighted by Gasteiger charge is 2.11. The molecule has 0 saturated carbocycles. The van der Waals surface area contributed by atoms with Gasteiger partial charge in [0.05, 0.1) is 24.3 Å². The number of rotatable bonds is 10. The molecular formula is C16H19N3O4S. The Morgan fingerprint density at radius 3 is 2.67 bits per heavy atom. The smallest absolute Gasteiger partial charge is 0.317 e. The van der Waals surface area contributed by atoms with Gasteiger partial charge in [-0.25, -0.2) is 0 Å². The maximum Gasteiger partial charge on any atom is 0.317 e. The van der Waals surface area contributed by atoms with Crippen molar-refractivity contribution in [2.45, 2.75) is 17.9 Å².